The summed E-state index contributed by atoms with van der Waals surface area (Å²) in [6.07, 6.45) is 60.6. The molecule has 430 valence electrons. The minimum absolute atomic E-state index is 0.356. The van der Waals surface area contributed by atoms with Gasteiger partial charge in [-0.15, -0.1) is 0 Å². The van der Waals surface area contributed by atoms with Crippen LogP contribution in [0.15, 0.2) is 129 Å². The van der Waals surface area contributed by atoms with E-state index < -0.39 is 0 Å². The van der Waals surface area contributed by atoms with Crippen LogP contribution in [0.1, 0.15) is 252 Å². The Balaban J connectivity index is 0.882. The van der Waals surface area contributed by atoms with E-state index in [-0.39, 0.29) is 0 Å². The van der Waals surface area contributed by atoms with Gasteiger partial charge in [-0.1, -0.05) is 97.2 Å². The number of aromatic nitrogens is 6. The summed E-state index contributed by atoms with van der Waals surface area (Å²) >= 11 is 0. The van der Waals surface area contributed by atoms with Crippen molar-refractivity contribution in [1.82, 2.24) is 29.9 Å². The molecule has 0 spiro atoms. The van der Waals surface area contributed by atoms with E-state index in [1.165, 1.54) is 236 Å². The van der Waals surface area contributed by atoms with Gasteiger partial charge in [-0.2, -0.15) is 0 Å². The van der Waals surface area contributed by atoms with E-state index in [4.69, 9.17) is 9.98 Å². The predicted molar refractivity (Wildman–Crippen MR) is 345 cm³/mol. The number of fused-ring (bicyclic) bond motifs is 12. The number of rotatable bonds is 0. The molecule has 32 bridgehead atoms. The zero-order valence-corrected chi connectivity index (χ0v) is 49.7. The minimum Gasteiger partial charge on any atom is -0.352 e. The molecule has 6 aromatic heterocycles. The lowest BCUT2D eigenvalue weighted by molar-refractivity contribution is 0.506. The maximum Gasteiger partial charge on any atom is 0.0917 e. The summed E-state index contributed by atoms with van der Waals surface area (Å²) in [6, 6.07) is 0. The molecule has 16 unspecified atom stereocenters. The number of hydrogen-bond donors (Lipinski definition) is 6. The second-order valence-electron chi connectivity index (χ2n) is 30.9. The van der Waals surface area contributed by atoms with E-state index >= 15 is 0 Å². The molecule has 2 aliphatic heterocycles. The van der Waals surface area contributed by atoms with Gasteiger partial charge in [-0.05, 0) is 192 Å². The molecule has 8 heterocycles. The van der Waals surface area contributed by atoms with Crippen LogP contribution in [0.3, 0.4) is 0 Å². The van der Waals surface area contributed by atoms with Crippen LogP contribution in [-0.4, -0.2) is 41.3 Å². The average Bonchev–Trinajstić information content (AvgIpc) is 1.95. The summed E-state index contributed by atoms with van der Waals surface area (Å²) in [5.74, 6) is 5.88. The molecule has 0 aromatic carbocycles. The second kappa shape index (κ2) is 15.6. The van der Waals surface area contributed by atoms with Crippen molar-refractivity contribution in [2.45, 2.75) is 174 Å². The first kappa shape index (κ1) is 46.3. The Morgan fingerprint density at radius 1 is 0.193 bits per heavy atom. The number of H-pyrrole nitrogens is 6. The highest BCUT2D eigenvalue weighted by Crippen LogP contribution is 2.62. The number of hydrogen-bond acceptors (Lipinski definition) is 2. The first-order valence-corrected chi connectivity index (χ1v) is 35.0. The molecule has 8 nitrogen and oxygen atoms in total. The largest absolute Gasteiger partial charge is 0.352 e. The lowest BCUT2D eigenvalue weighted by Crippen LogP contribution is -2.27. The van der Waals surface area contributed by atoms with E-state index in [0.29, 0.717) is 94.7 Å². The zero-order chi connectivity index (χ0) is 56.0. The SMILES string of the molecule is C1=CC2CCC1C1=C2C2=c3[nH]c(c4c3C3C=CC4CC3)=c3[nH]c(c4c3C3C=CC4CC3)=c3[nH]c(c4c3C3C=CC4CC3)=C3N=C(C4=C3C3C=CC4CC3)c3[nH]c(c4c3C3C=CC4CC3)-c3[nH]c(c4c3C3C=CC4CC3)-c3[nH]c(c4c3C3C=CC4CC3)C1=N2. The molecule has 16 atom stereocenters. The first-order valence-electron chi connectivity index (χ1n) is 35.0. The molecule has 0 fully saturated rings. The maximum atomic E-state index is 6.32. The Hall–Kier alpha value is -7.84. The van der Waals surface area contributed by atoms with Crippen LogP contribution < -0.4 is 10.7 Å². The smallest absolute Gasteiger partial charge is 0.0917 e. The van der Waals surface area contributed by atoms with E-state index in [9.17, 15) is 0 Å². The summed E-state index contributed by atoms with van der Waals surface area (Å²) in [5.41, 5.74) is 37.5. The normalized spacial score (nSPS) is 36.0. The highest BCUT2D eigenvalue weighted by molar-refractivity contribution is 6.22. The van der Waals surface area contributed by atoms with Gasteiger partial charge < -0.3 is 29.9 Å². The van der Waals surface area contributed by atoms with Gasteiger partial charge in [0.2, 0.25) is 0 Å². The summed E-state index contributed by atoms with van der Waals surface area (Å²) < 4.78 is 0. The van der Waals surface area contributed by atoms with E-state index in [2.05, 4.69) is 127 Å². The van der Waals surface area contributed by atoms with Crippen LogP contribution in [-0.2, 0) is 0 Å². The van der Waals surface area contributed by atoms with Gasteiger partial charge in [0.05, 0.1) is 89.1 Å². The molecule has 6 aromatic rings. The lowest BCUT2D eigenvalue weighted by Gasteiger charge is -2.35. The minimum atomic E-state index is 0.356. The molecule has 27 aliphatic rings. The fourth-order valence-corrected chi connectivity index (χ4v) is 23.8. The van der Waals surface area contributed by atoms with Gasteiger partial charge in [0.15, 0.2) is 0 Å². The van der Waals surface area contributed by atoms with Crippen LogP contribution in [0.5, 0.6) is 0 Å². The van der Waals surface area contributed by atoms with Gasteiger partial charge in [0, 0.05) is 94.7 Å². The number of nitrogens with one attached hydrogen (secondary N) is 6. The standard InChI is InChI=1S/C80H70N8/c1-2-34-4-3-33(1)49-50(34)66-68-53-37-9-11-38(12-10-37)54(53)71(83-68)72-57-41-17-19-42(20-18-41)58(57)75(85-72)76-61-45-25-27-46(28-26-45)62(61)79(87-76)80-64-48-31-29-47(30-32-48)63(64)78(88-80)77-60-44-23-21-43(22-24-44)59(60)74(86-77)73-56-40-15-13-39(14-16-40)55(56)70(84-73)69-52-36-7-5-35(6-8-36)51(52)67(82-69)65(49)81-66/h1-2,5,7,9,11,13,15,17,19,21,23,25,27,29,31,33-48,81-83,86-88H,3-4,6,8,10,12,14,16,18,20,22,24,26,28,30,32H2. The molecule has 88 heavy (non-hydrogen) atoms. The summed E-state index contributed by atoms with van der Waals surface area (Å²) in [7, 11) is 0. The number of nitrogens with zero attached hydrogens (tertiary/aromatic N) is 2. The maximum absolute atomic E-state index is 6.32. The Bertz CT molecular complexity index is 4920. The van der Waals surface area contributed by atoms with Crippen molar-refractivity contribution in [2.75, 3.05) is 0 Å². The van der Waals surface area contributed by atoms with Crippen LogP contribution in [0.2, 0.25) is 0 Å². The zero-order valence-electron chi connectivity index (χ0n) is 49.7. The predicted octanol–water partition coefficient (Wildman–Crippen LogP) is 16.1. The van der Waals surface area contributed by atoms with Crippen molar-refractivity contribution in [2.24, 2.45) is 33.7 Å². The monoisotopic (exact) mass is 1140 g/mol. The molecule has 33 rings (SSSR count). The first-order chi connectivity index (χ1) is 43.6. The summed E-state index contributed by atoms with van der Waals surface area (Å²) in [4.78, 5) is 39.7. The summed E-state index contributed by atoms with van der Waals surface area (Å²) in [6.45, 7) is 0. The van der Waals surface area contributed by atoms with Crippen molar-refractivity contribution in [3.05, 3.63) is 230 Å². The van der Waals surface area contributed by atoms with Crippen LogP contribution in [0, 0.1) is 45.1 Å². The molecule has 0 saturated carbocycles. The van der Waals surface area contributed by atoms with Crippen LogP contribution in [0.4, 0.5) is 0 Å². The van der Waals surface area contributed by atoms with Gasteiger partial charge in [0.25, 0.3) is 0 Å². The molecular weight excluding hydrogens is 1070 g/mol. The van der Waals surface area contributed by atoms with Gasteiger partial charge in [0.1, 0.15) is 0 Å². The third-order valence-corrected chi connectivity index (χ3v) is 27.3. The average molecular weight is 1140 g/mol. The second-order valence-corrected chi connectivity index (χ2v) is 30.9. The summed E-state index contributed by atoms with van der Waals surface area (Å²) in [5, 5.41) is 7.99. The quantitative estimate of drug-likeness (QED) is 0.0813. The van der Waals surface area contributed by atoms with Gasteiger partial charge >= 0.3 is 0 Å². The number of aromatic amines is 6. The highest BCUT2D eigenvalue weighted by Gasteiger charge is 2.50. The fraction of sp³-hybridized carbons (Fsp3) is 0.400. The fourth-order valence-electron chi connectivity index (χ4n) is 23.8. The Labute approximate surface area is 509 Å². The Morgan fingerprint density at radius 3 is 0.648 bits per heavy atom. The van der Waals surface area contributed by atoms with Crippen molar-refractivity contribution < 1.29 is 0 Å². The molecule has 25 aliphatic carbocycles. The Kier molecular flexibility index (Phi) is 8.20. The molecule has 0 radical (unpaired) electrons. The highest BCUT2D eigenvalue weighted by atomic mass is 15.0. The van der Waals surface area contributed by atoms with Gasteiger partial charge in [-0.3, -0.25) is 0 Å². The van der Waals surface area contributed by atoms with Gasteiger partial charge in [-0.25, -0.2) is 9.98 Å². The van der Waals surface area contributed by atoms with E-state index in [1.807, 2.05) is 0 Å². The molecule has 0 amide bonds. The lowest BCUT2D eigenvalue weighted by atomic mass is 9.67. The molecular formula is C80H70N8. The van der Waals surface area contributed by atoms with E-state index in [1.54, 1.807) is 44.5 Å². The van der Waals surface area contributed by atoms with Crippen molar-refractivity contribution in [3.8, 4) is 22.8 Å². The molecule has 6 N–H and O–H groups in total. The number of aliphatic imine (C=N–C) groups is 2. The van der Waals surface area contributed by atoms with Crippen molar-refractivity contribution in [3.63, 3.8) is 0 Å². The third-order valence-electron chi connectivity index (χ3n) is 27.3. The third kappa shape index (κ3) is 5.31. The van der Waals surface area contributed by atoms with Crippen molar-refractivity contribution in [1.29, 1.82) is 0 Å². The molecule has 8 heteroatoms. The van der Waals surface area contributed by atoms with Crippen LogP contribution >= 0.6 is 0 Å². The Morgan fingerprint density at radius 2 is 0.386 bits per heavy atom. The van der Waals surface area contributed by atoms with E-state index in [0.717, 1.165) is 0 Å². The topological polar surface area (TPSA) is 119 Å². The molecule has 0 saturated heterocycles. The van der Waals surface area contributed by atoms with Crippen LogP contribution in [0.25, 0.3) is 34.2 Å². The number of allylic oxidation sites excluding steroid dienone is 18. The van der Waals surface area contributed by atoms with Crippen molar-refractivity contribution >= 4 is 22.8 Å².